The molecule has 2 heterocycles. The van der Waals surface area contributed by atoms with Crippen LogP contribution in [0.5, 0.6) is 0 Å². The maximum atomic E-state index is 8.99. The minimum Gasteiger partial charge on any atom is -0.443 e. The van der Waals surface area contributed by atoms with Gasteiger partial charge in [0.15, 0.2) is 17.8 Å². The lowest BCUT2D eigenvalue weighted by atomic mass is 10.1. The molecule has 5 nitrogen and oxygen atoms in total. The van der Waals surface area contributed by atoms with E-state index < -0.39 is 0 Å². The minimum atomic E-state index is -0.168. The Morgan fingerprint density at radius 3 is 3.00 bits per heavy atom. The van der Waals surface area contributed by atoms with Gasteiger partial charge in [-0.15, -0.1) is 0 Å². The van der Waals surface area contributed by atoms with E-state index in [1.165, 1.54) is 6.39 Å². The molecule has 0 radical (unpaired) electrons. The quantitative estimate of drug-likeness (QED) is 0.722. The van der Waals surface area contributed by atoms with Gasteiger partial charge in [0.2, 0.25) is 0 Å². The first kappa shape index (κ1) is 9.92. The summed E-state index contributed by atoms with van der Waals surface area (Å²) in [4.78, 5) is 12.2. The molecule has 3 aromatic rings. The molecule has 0 unspecified atom stereocenters. The number of aliphatic hydroxyl groups is 1. The molecular formula is C12H9N3O2. The number of benzene rings is 1. The number of aliphatic hydroxyl groups excluding tert-OH is 1. The highest BCUT2D eigenvalue weighted by atomic mass is 16.3. The van der Waals surface area contributed by atoms with Gasteiger partial charge in [0.25, 0.3) is 0 Å². The second kappa shape index (κ2) is 3.95. The number of aromatic nitrogens is 3. The molecule has 0 aliphatic carbocycles. The van der Waals surface area contributed by atoms with Crippen molar-refractivity contribution < 1.29 is 9.52 Å². The summed E-state index contributed by atoms with van der Waals surface area (Å²) < 4.78 is 5.23. The van der Waals surface area contributed by atoms with E-state index in [1.54, 1.807) is 12.3 Å². The molecule has 1 N–H and O–H groups in total. The van der Waals surface area contributed by atoms with Gasteiger partial charge in [0, 0.05) is 11.8 Å². The summed E-state index contributed by atoms with van der Waals surface area (Å²) in [5.74, 6) is 0.403. The molecule has 0 saturated carbocycles. The number of hydrogen-bond donors (Lipinski definition) is 1. The largest absolute Gasteiger partial charge is 0.443 e. The zero-order valence-corrected chi connectivity index (χ0v) is 8.87. The molecule has 0 amide bonds. The second-order valence-electron chi connectivity index (χ2n) is 3.55. The Labute approximate surface area is 96.8 Å². The topological polar surface area (TPSA) is 72.0 Å². The highest BCUT2D eigenvalue weighted by molar-refractivity contribution is 5.78. The van der Waals surface area contributed by atoms with E-state index >= 15 is 0 Å². The smallest absolute Gasteiger partial charge is 0.181 e. The number of hydrogen-bond acceptors (Lipinski definition) is 5. The normalized spacial score (nSPS) is 10.9. The summed E-state index contributed by atoms with van der Waals surface area (Å²) >= 11 is 0. The Hall–Kier alpha value is -2.27. The molecule has 2 aromatic heterocycles. The van der Waals surface area contributed by atoms with Crippen LogP contribution in [-0.2, 0) is 6.61 Å². The molecule has 84 valence electrons. The van der Waals surface area contributed by atoms with Crippen LogP contribution in [0.2, 0.25) is 0 Å². The molecule has 0 aliphatic heterocycles. The number of fused-ring (bicyclic) bond motifs is 1. The second-order valence-corrected chi connectivity index (χ2v) is 3.55. The molecule has 0 atom stereocenters. The molecule has 0 fully saturated rings. The molecule has 1 aromatic carbocycles. The first-order valence-corrected chi connectivity index (χ1v) is 5.13. The van der Waals surface area contributed by atoms with Crippen molar-refractivity contribution in [1.82, 2.24) is 15.0 Å². The summed E-state index contributed by atoms with van der Waals surface area (Å²) in [7, 11) is 0. The predicted molar refractivity (Wildman–Crippen MR) is 61.0 cm³/mol. The Morgan fingerprint density at radius 2 is 2.12 bits per heavy atom. The van der Waals surface area contributed by atoms with E-state index in [-0.39, 0.29) is 6.61 Å². The number of nitrogens with zero attached hydrogens (tertiary/aromatic N) is 3. The van der Waals surface area contributed by atoms with E-state index in [1.807, 2.05) is 18.2 Å². The fourth-order valence-corrected chi connectivity index (χ4v) is 1.65. The van der Waals surface area contributed by atoms with Gasteiger partial charge in [0.05, 0.1) is 5.69 Å². The predicted octanol–water partition coefficient (Wildman–Crippen LogP) is 1.78. The van der Waals surface area contributed by atoms with Crippen LogP contribution in [-0.4, -0.2) is 20.1 Å². The lowest BCUT2D eigenvalue weighted by molar-refractivity contribution is 0.271. The highest BCUT2D eigenvalue weighted by Gasteiger charge is 2.04. The summed E-state index contributed by atoms with van der Waals surface area (Å²) in [5, 5.41) is 8.99. The van der Waals surface area contributed by atoms with Crippen LogP contribution < -0.4 is 0 Å². The highest BCUT2D eigenvalue weighted by Crippen LogP contribution is 2.22. The fraction of sp³-hybridized carbons (Fsp3) is 0.0833. The van der Waals surface area contributed by atoms with Crippen LogP contribution >= 0.6 is 0 Å². The van der Waals surface area contributed by atoms with E-state index in [2.05, 4.69) is 15.0 Å². The Bertz CT molecular complexity index is 663. The van der Waals surface area contributed by atoms with Gasteiger partial charge in [-0.25, -0.2) is 15.0 Å². The molecule has 0 saturated heterocycles. The molecule has 0 spiro atoms. The van der Waals surface area contributed by atoms with Gasteiger partial charge in [-0.1, -0.05) is 6.07 Å². The number of rotatable bonds is 2. The maximum absolute atomic E-state index is 8.99. The molecular weight excluding hydrogens is 218 g/mol. The van der Waals surface area contributed by atoms with Crippen LogP contribution in [0.25, 0.3) is 22.4 Å². The van der Waals surface area contributed by atoms with Gasteiger partial charge in [-0.2, -0.15) is 0 Å². The Kier molecular flexibility index (Phi) is 2.31. The molecule has 5 heteroatoms. The third kappa shape index (κ3) is 1.76. The Morgan fingerprint density at radius 1 is 1.18 bits per heavy atom. The number of oxazole rings is 1. The summed E-state index contributed by atoms with van der Waals surface area (Å²) in [5.41, 5.74) is 3.19. The molecule has 0 aliphatic rings. The molecule has 3 rings (SSSR count). The zero-order chi connectivity index (χ0) is 11.7. The monoisotopic (exact) mass is 227 g/mol. The maximum Gasteiger partial charge on any atom is 0.181 e. The van der Waals surface area contributed by atoms with Crippen molar-refractivity contribution in [2.75, 3.05) is 0 Å². The summed E-state index contributed by atoms with van der Waals surface area (Å²) in [6.45, 7) is -0.168. The van der Waals surface area contributed by atoms with Crippen molar-refractivity contribution in [1.29, 1.82) is 0 Å². The average molecular weight is 227 g/mol. The Balaban J connectivity index is 2.12. The van der Waals surface area contributed by atoms with Gasteiger partial charge < -0.3 is 9.52 Å². The van der Waals surface area contributed by atoms with Gasteiger partial charge >= 0.3 is 0 Å². The third-order valence-electron chi connectivity index (χ3n) is 2.47. The van der Waals surface area contributed by atoms with Crippen LogP contribution in [0, 0.1) is 0 Å². The van der Waals surface area contributed by atoms with E-state index in [0.29, 0.717) is 11.4 Å². The third-order valence-corrected chi connectivity index (χ3v) is 2.47. The standard InChI is InChI=1S/C12H9N3O2/c16-6-12-13-4-3-9(15-12)8-1-2-10-11(5-8)17-7-14-10/h1-5,7,16H,6H2. The van der Waals surface area contributed by atoms with Crippen LogP contribution in [0.4, 0.5) is 0 Å². The van der Waals surface area contributed by atoms with Gasteiger partial charge in [-0.3, -0.25) is 0 Å². The van der Waals surface area contributed by atoms with E-state index in [0.717, 1.165) is 16.8 Å². The van der Waals surface area contributed by atoms with Crippen molar-refractivity contribution in [3.8, 4) is 11.3 Å². The van der Waals surface area contributed by atoms with Crippen LogP contribution in [0.3, 0.4) is 0 Å². The van der Waals surface area contributed by atoms with Crippen molar-refractivity contribution in [2.45, 2.75) is 6.61 Å². The molecule has 17 heavy (non-hydrogen) atoms. The lowest BCUT2D eigenvalue weighted by Crippen LogP contribution is -1.95. The summed E-state index contributed by atoms with van der Waals surface area (Å²) in [6, 6.07) is 7.44. The van der Waals surface area contributed by atoms with Crippen molar-refractivity contribution in [3.05, 3.63) is 42.7 Å². The van der Waals surface area contributed by atoms with Gasteiger partial charge in [-0.05, 0) is 18.2 Å². The van der Waals surface area contributed by atoms with Crippen molar-refractivity contribution in [2.24, 2.45) is 0 Å². The minimum absolute atomic E-state index is 0.168. The van der Waals surface area contributed by atoms with Crippen molar-refractivity contribution >= 4 is 11.1 Å². The SMILES string of the molecule is OCc1nccc(-c2ccc3ncoc3c2)n1. The van der Waals surface area contributed by atoms with Gasteiger partial charge in [0.1, 0.15) is 12.1 Å². The first-order chi connectivity index (χ1) is 8.36. The lowest BCUT2D eigenvalue weighted by Gasteiger charge is -2.01. The van der Waals surface area contributed by atoms with E-state index in [9.17, 15) is 0 Å². The average Bonchev–Trinajstić information content (AvgIpc) is 2.86. The van der Waals surface area contributed by atoms with Crippen LogP contribution in [0.15, 0.2) is 41.3 Å². The fourth-order valence-electron chi connectivity index (χ4n) is 1.65. The summed E-state index contributed by atoms with van der Waals surface area (Å²) in [6.07, 6.45) is 3.03. The van der Waals surface area contributed by atoms with E-state index in [4.69, 9.17) is 9.52 Å². The van der Waals surface area contributed by atoms with Crippen LogP contribution in [0.1, 0.15) is 5.82 Å². The van der Waals surface area contributed by atoms with Crippen molar-refractivity contribution in [3.63, 3.8) is 0 Å². The zero-order valence-electron chi connectivity index (χ0n) is 8.87. The first-order valence-electron chi connectivity index (χ1n) is 5.13. The molecule has 0 bridgehead atoms.